The molecular formula is C42H27ClN2O. The second-order valence-electron chi connectivity index (χ2n) is 11.1. The fourth-order valence-electron chi connectivity index (χ4n) is 6.01. The summed E-state index contributed by atoms with van der Waals surface area (Å²) >= 11 is 6.47. The lowest BCUT2D eigenvalue weighted by Gasteiger charge is -2.19. The largest absolute Gasteiger partial charge is 0.454 e. The zero-order chi connectivity index (χ0) is 30.9. The Morgan fingerprint density at radius 2 is 1.07 bits per heavy atom. The molecule has 2 heterocycles. The van der Waals surface area contributed by atoms with Gasteiger partial charge in [0.15, 0.2) is 5.75 Å². The van der Waals surface area contributed by atoms with E-state index in [1.807, 2.05) is 84.9 Å². The van der Waals surface area contributed by atoms with Crippen LogP contribution in [-0.4, -0.2) is 9.97 Å². The molecule has 8 rings (SSSR count). The second kappa shape index (κ2) is 12.0. The van der Waals surface area contributed by atoms with Gasteiger partial charge < -0.3 is 4.74 Å². The molecule has 0 unspecified atom stereocenters. The predicted molar refractivity (Wildman–Crippen MR) is 190 cm³/mol. The van der Waals surface area contributed by atoms with Crippen LogP contribution >= 0.6 is 11.6 Å². The molecule has 0 spiro atoms. The molecule has 2 aromatic heterocycles. The van der Waals surface area contributed by atoms with Gasteiger partial charge in [0.2, 0.25) is 0 Å². The van der Waals surface area contributed by atoms with E-state index in [9.17, 15) is 0 Å². The van der Waals surface area contributed by atoms with Gasteiger partial charge in [0.05, 0.1) is 16.7 Å². The third kappa shape index (κ3) is 5.27. The minimum Gasteiger partial charge on any atom is -0.454 e. The van der Waals surface area contributed by atoms with E-state index < -0.39 is 0 Å². The van der Waals surface area contributed by atoms with Gasteiger partial charge in [-0.3, -0.25) is 0 Å². The van der Waals surface area contributed by atoms with Gasteiger partial charge >= 0.3 is 0 Å². The lowest BCUT2D eigenvalue weighted by molar-refractivity contribution is 0.485. The maximum Gasteiger partial charge on any atom is 0.162 e. The van der Waals surface area contributed by atoms with Gasteiger partial charge in [-0.2, -0.15) is 0 Å². The third-order valence-electron chi connectivity index (χ3n) is 8.18. The van der Waals surface area contributed by atoms with Crippen molar-refractivity contribution in [2.75, 3.05) is 0 Å². The van der Waals surface area contributed by atoms with Gasteiger partial charge in [0.25, 0.3) is 0 Å². The lowest BCUT2D eigenvalue weighted by Crippen LogP contribution is -1.97. The molecule has 0 aliphatic carbocycles. The fourth-order valence-corrected chi connectivity index (χ4v) is 6.20. The van der Waals surface area contributed by atoms with Crippen molar-refractivity contribution in [3.05, 3.63) is 169 Å². The molecule has 0 saturated heterocycles. The second-order valence-corrected chi connectivity index (χ2v) is 11.6. The van der Waals surface area contributed by atoms with Crippen LogP contribution in [0.1, 0.15) is 0 Å². The highest BCUT2D eigenvalue weighted by atomic mass is 35.5. The van der Waals surface area contributed by atoms with Gasteiger partial charge in [-0.15, -0.1) is 0 Å². The molecule has 0 amide bonds. The predicted octanol–water partition coefficient (Wildman–Crippen LogP) is 11.9. The zero-order valence-electron chi connectivity index (χ0n) is 24.8. The highest BCUT2D eigenvalue weighted by molar-refractivity contribution is 6.30. The average molecular weight is 611 g/mol. The lowest BCUT2D eigenvalue weighted by atomic mass is 9.96. The summed E-state index contributed by atoms with van der Waals surface area (Å²) < 4.78 is 6.83. The van der Waals surface area contributed by atoms with E-state index in [0.29, 0.717) is 16.5 Å². The van der Waals surface area contributed by atoms with E-state index in [1.165, 1.54) is 0 Å². The highest BCUT2D eigenvalue weighted by Crippen LogP contribution is 2.45. The summed E-state index contributed by atoms with van der Waals surface area (Å²) in [6, 6.07) is 55.3. The minimum atomic E-state index is 0.641. The summed E-state index contributed by atoms with van der Waals surface area (Å²) in [6.45, 7) is 0. The van der Waals surface area contributed by atoms with Crippen molar-refractivity contribution >= 4 is 33.4 Å². The van der Waals surface area contributed by atoms with Crippen molar-refractivity contribution < 1.29 is 4.74 Å². The third-order valence-corrected chi connectivity index (χ3v) is 8.41. The van der Waals surface area contributed by atoms with E-state index >= 15 is 0 Å². The molecule has 0 bridgehead atoms. The van der Waals surface area contributed by atoms with Crippen LogP contribution < -0.4 is 4.74 Å². The quantitative estimate of drug-likeness (QED) is 0.188. The van der Waals surface area contributed by atoms with E-state index in [4.69, 9.17) is 26.3 Å². The van der Waals surface area contributed by atoms with Crippen molar-refractivity contribution in [3.8, 4) is 56.3 Å². The van der Waals surface area contributed by atoms with Crippen LogP contribution in [0.15, 0.2) is 164 Å². The Labute approximate surface area is 272 Å². The summed E-state index contributed by atoms with van der Waals surface area (Å²) in [5.41, 5.74) is 9.71. The smallest absolute Gasteiger partial charge is 0.162 e. The number of pyridine rings is 2. The van der Waals surface area contributed by atoms with E-state index in [2.05, 4.69) is 78.9 Å². The molecule has 3 nitrogen and oxygen atoms in total. The summed E-state index contributed by atoms with van der Waals surface area (Å²) in [5, 5.41) is 2.78. The van der Waals surface area contributed by atoms with Crippen molar-refractivity contribution in [1.82, 2.24) is 9.97 Å². The number of halogens is 1. The van der Waals surface area contributed by atoms with Gasteiger partial charge in [-0.25, -0.2) is 9.97 Å². The number of nitrogens with zero attached hydrogens (tertiary/aromatic N) is 2. The molecule has 6 aromatic carbocycles. The molecule has 0 radical (unpaired) electrons. The van der Waals surface area contributed by atoms with Crippen molar-refractivity contribution in [2.45, 2.75) is 0 Å². The Morgan fingerprint density at radius 1 is 0.457 bits per heavy atom. The normalized spacial score (nSPS) is 11.2. The van der Waals surface area contributed by atoms with Crippen LogP contribution in [0, 0.1) is 0 Å². The highest BCUT2D eigenvalue weighted by Gasteiger charge is 2.21. The SMILES string of the molecule is Clc1cccc(-c2nc3ccccc3c(-c3ccccc3)c2Oc2ccc(-c3cc(-c4ccccc4)c4ccccc4n3)cc2)c1. The first-order valence-electron chi connectivity index (χ1n) is 15.2. The maximum atomic E-state index is 6.83. The van der Waals surface area contributed by atoms with Crippen LogP contribution in [-0.2, 0) is 0 Å². The molecule has 0 saturated carbocycles. The monoisotopic (exact) mass is 610 g/mol. The Morgan fingerprint density at radius 3 is 1.78 bits per heavy atom. The molecule has 8 aromatic rings. The van der Waals surface area contributed by atoms with Crippen LogP contribution in [0.2, 0.25) is 5.02 Å². The number of aromatic nitrogens is 2. The first-order valence-corrected chi connectivity index (χ1v) is 15.6. The van der Waals surface area contributed by atoms with Crippen molar-refractivity contribution in [1.29, 1.82) is 0 Å². The topological polar surface area (TPSA) is 35.0 Å². The Balaban J connectivity index is 1.26. The zero-order valence-corrected chi connectivity index (χ0v) is 25.5. The molecule has 0 aliphatic heterocycles. The molecule has 0 fully saturated rings. The van der Waals surface area contributed by atoms with Crippen LogP contribution in [0.4, 0.5) is 0 Å². The number of rotatable bonds is 6. The molecule has 46 heavy (non-hydrogen) atoms. The Bertz CT molecular complexity index is 2340. The maximum absolute atomic E-state index is 6.83. The van der Waals surface area contributed by atoms with Crippen LogP contribution in [0.25, 0.3) is 66.6 Å². The summed E-state index contributed by atoms with van der Waals surface area (Å²) in [5.74, 6) is 1.38. The average Bonchev–Trinajstić information content (AvgIpc) is 3.12. The van der Waals surface area contributed by atoms with Crippen molar-refractivity contribution in [2.24, 2.45) is 0 Å². The van der Waals surface area contributed by atoms with E-state index in [-0.39, 0.29) is 0 Å². The molecule has 0 aliphatic rings. The number of fused-ring (bicyclic) bond motifs is 2. The number of hydrogen-bond donors (Lipinski definition) is 0. The van der Waals surface area contributed by atoms with Crippen molar-refractivity contribution in [3.63, 3.8) is 0 Å². The molecule has 218 valence electrons. The summed E-state index contributed by atoms with van der Waals surface area (Å²) in [6.07, 6.45) is 0. The Hall–Kier alpha value is -5.77. The van der Waals surface area contributed by atoms with E-state index in [0.717, 1.165) is 66.6 Å². The fraction of sp³-hybridized carbons (Fsp3) is 0. The standard InChI is InChI=1S/C42H27ClN2O/c43-32-17-11-16-31(26-32)41-42(40(30-14-5-2-6-15-30)35-19-8-10-21-38(35)45-41)46-33-24-22-29(23-25-33)39-27-36(28-12-3-1-4-13-28)34-18-7-9-20-37(34)44-39/h1-27H. The minimum absolute atomic E-state index is 0.641. The first kappa shape index (κ1) is 27.8. The van der Waals surface area contributed by atoms with Crippen LogP contribution in [0.5, 0.6) is 11.5 Å². The Kier molecular flexibility index (Phi) is 7.22. The summed E-state index contributed by atoms with van der Waals surface area (Å²) in [7, 11) is 0. The number of benzene rings is 6. The van der Waals surface area contributed by atoms with E-state index in [1.54, 1.807) is 0 Å². The van der Waals surface area contributed by atoms with Crippen LogP contribution in [0.3, 0.4) is 0 Å². The molecule has 4 heteroatoms. The molecular weight excluding hydrogens is 584 g/mol. The number of hydrogen-bond acceptors (Lipinski definition) is 3. The number of ether oxygens (including phenoxy) is 1. The number of para-hydroxylation sites is 2. The summed E-state index contributed by atoms with van der Waals surface area (Å²) in [4.78, 5) is 10.1. The van der Waals surface area contributed by atoms with Gasteiger partial charge in [0, 0.05) is 32.5 Å². The van der Waals surface area contributed by atoms with Gasteiger partial charge in [-0.1, -0.05) is 121 Å². The van der Waals surface area contributed by atoms with Gasteiger partial charge in [-0.05, 0) is 71.3 Å². The molecule has 0 N–H and O–H groups in total. The molecule has 0 atom stereocenters. The first-order chi connectivity index (χ1) is 22.7. The van der Waals surface area contributed by atoms with Gasteiger partial charge in [0.1, 0.15) is 11.4 Å².